The van der Waals surface area contributed by atoms with Crippen molar-refractivity contribution in [3.05, 3.63) is 66.0 Å². The molecule has 4 heteroatoms. The Morgan fingerprint density at radius 3 is 2.35 bits per heavy atom. The van der Waals surface area contributed by atoms with Crippen molar-refractivity contribution in [2.24, 2.45) is 10.1 Å². The Labute approximate surface area is 118 Å². The predicted octanol–water partition coefficient (Wildman–Crippen LogP) is 2.61. The van der Waals surface area contributed by atoms with E-state index >= 15 is 0 Å². The van der Waals surface area contributed by atoms with Gasteiger partial charge in [-0.05, 0) is 26.0 Å². The van der Waals surface area contributed by atoms with Crippen molar-refractivity contribution in [2.75, 3.05) is 0 Å². The lowest BCUT2D eigenvalue weighted by atomic mass is 9.92. The molecular formula is C16H16N4. The van der Waals surface area contributed by atoms with Crippen molar-refractivity contribution in [2.45, 2.75) is 19.4 Å². The van der Waals surface area contributed by atoms with Crippen molar-refractivity contribution in [1.82, 2.24) is 10.4 Å². The molecule has 20 heavy (non-hydrogen) atoms. The van der Waals surface area contributed by atoms with Crippen LogP contribution in [-0.4, -0.2) is 22.1 Å². The zero-order valence-corrected chi connectivity index (χ0v) is 11.5. The molecule has 1 aliphatic heterocycles. The number of amidine groups is 1. The van der Waals surface area contributed by atoms with E-state index in [1.807, 2.05) is 42.5 Å². The third kappa shape index (κ3) is 2.32. The Morgan fingerprint density at radius 2 is 1.70 bits per heavy atom. The average Bonchev–Trinajstić information content (AvgIpc) is 2.48. The van der Waals surface area contributed by atoms with Gasteiger partial charge in [0.25, 0.3) is 0 Å². The van der Waals surface area contributed by atoms with Gasteiger partial charge in [-0.3, -0.25) is 15.4 Å². The van der Waals surface area contributed by atoms with Crippen molar-refractivity contribution in [1.29, 1.82) is 0 Å². The van der Waals surface area contributed by atoms with Gasteiger partial charge in [0, 0.05) is 23.5 Å². The number of nitrogens with one attached hydrogen (secondary N) is 1. The Morgan fingerprint density at radius 1 is 0.950 bits per heavy atom. The molecule has 0 amide bonds. The van der Waals surface area contributed by atoms with Gasteiger partial charge in [0.2, 0.25) is 0 Å². The van der Waals surface area contributed by atoms with Gasteiger partial charge in [0.05, 0.1) is 5.71 Å². The standard InChI is InChI=1S/C16H16N4/c1-16(2)14(12-7-4-3-5-8-12)19-20-15(18-16)13-9-6-10-17-11-13/h3-11H,1-2H3,(H,18,20). The van der Waals surface area contributed by atoms with Crippen LogP contribution in [0.25, 0.3) is 0 Å². The molecule has 0 fully saturated rings. The Hall–Kier alpha value is -2.49. The molecule has 0 bridgehead atoms. The van der Waals surface area contributed by atoms with Crippen LogP contribution in [0.2, 0.25) is 0 Å². The maximum Gasteiger partial charge on any atom is 0.151 e. The van der Waals surface area contributed by atoms with Crippen molar-refractivity contribution in [3.63, 3.8) is 0 Å². The fourth-order valence-corrected chi connectivity index (χ4v) is 2.25. The summed E-state index contributed by atoms with van der Waals surface area (Å²) in [5.41, 5.74) is 5.62. The van der Waals surface area contributed by atoms with Gasteiger partial charge in [-0.25, -0.2) is 0 Å². The van der Waals surface area contributed by atoms with E-state index < -0.39 is 0 Å². The third-order valence-corrected chi connectivity index (χ3v) is 3.23. The first-order valence-corrected chi connectivity index (χ1v) is 6.57. The lowest BCUT2D eigenvalue weighted by Gasteiger charge is -2.28. The SMILES string of the molecule is CC1(C)N=C(c2cccnc2)NN=C1c1ccccc1. The molecule has 0 aliphatic carbocycles. The smallest absolute Gasteiger partial charge is 0.151 e. The Bertz CT molecular complexity index is 657. The van der Waals surface area contributed by atoms with E-state index in [4.69, 9.17) is 4.99 Å². The van der Waals surface area contributed by atoms with Gasteiger partial charge in [0.1, 0.15) is 5.54 Å². The Kier molecular flexibility index (Phi) is 3.06. The largest absolute Gasteiger partial charge is 0.264 e. The lowest BCUT2D eigenvalue weighted by molar-refractivity contribution is 0.671. The van der Waals surface area contributed by atoms with Crippen LogP contribution < -0.4 is 5.43 Å². The van der Waals surface area contributed by atoms with Crippen LogP contribution in [0.4, 0.5) is 0 Å². The predicted molar refractivity (Wildman–Crippen MR) is 81.0 cm³/mol. The van der Waals surface area contributed by atoms with Crippen LogP contribution in [0.15, 0.2) is 65.0 Å². The first-order valence-electron chi connectivity index (χ1n) is 6.57. The number of rotatable bonds is 2. The van der Waals surface area contributed by atoms with Gasteiger partial charge >= 0.3 is 0 Å². The van der Waals surface area contributed by atoms with E-state index in [0.717, 1.165) is 22.7 Å². The van der Waals surface area contributed by atoms with Crippen LogP contribution in [-0.2, 0) is 0 Å². The molecule has 2 heterocycles. The molecule has 1 N–H and O–H groups in total. The molecule has 4 nitrogen and oxygen atoms in total. The van der Waals surface area contributed by atoms with E-state index in [9.17, 15) is 0 Å². The number of aromatic nitrogens is 1. The minimum Gasteiger partial charge on any atom is -0.264 e. The summed E-state index contributed by atoms with van der Waals surface area (Å²) < 4.78 is 0. The molecule has 1 aromatic carbocycles. The summed E-state index contributed by atoms with van der Waals surface area (Å²) in [6.45, 7) is 4.13. The van der Waals surface area contributed by atoms with E-state index in [0.29, 0.717) is 0 Å². The summed E-state index contributed by atoms with van der Waals surface area (Å²) in [4.78, 5) is 8.89. The van der Waals surface area contributed by atoms with E-state index in [1.165, 1.54) is 0 Å². The molecule has 1 aliphatic rings. The molecular weight excluding hydrogens is 248 g/mol. The fraction of sp³-hybridized carbons (Fsp3) is 0.188. The normalized spacial score (nSPS) is 16.9. The average molecular weight is 264 g/mol. The molecule has 100 valence electrons. The van der Waals surface area contributed by atoms with Gasteiger partial charge < -0.3 is 0 Å². The van der Waals surface area contributed by atoms with Gasteiger partial charge in [-0.2, -0.15) is 5.10 Å². The number of hydrazone groups is 1. The molecule has 0 saturated carbocycles. The van der Waals surface area contributed by atoms with Crippen LogP contribution >= 0.6 is 0 Å². The molecule has 0 atom stereocenters. The second-order valence-corrected chi connectivity index (χ2v) is 5.20. The van der Waals surface area contributed by atoms with Crippen LogP contribution in [0, 0.1) is 0 Å². The maximum atomic E-state index is 4.78. The highest BCUT2D eigenvalue weighted by atomic mass is 15.4. The van der Waals surface area contributed by atoms with E-state index in [-0.39, 0.29) is 5.54 Å². The van der Waals surface area contributed by atoms with Crippen LogP contribution in [0.1, 0.15) is 25.0 Å². The number of nitrogens with zero attached hydrogens (tertiary/aromatic N) is 3. The minimum atomic E-state index is -0.377. The first kappa shape index (κ1) is 12.5. The van der Waals surface area contributed by atoms with E-state index in [2.05, 4.69) is 29.4 Å². The molecule has 3 rings (SSSR count). The zero-order valence-electron chi connectivity index (χ0n) is 11.5. The number of benzene rings is 1. The highest BCUT2D eigenvalue weighted by molar-refractivity contribution is 6.12. The van der Waals surface area contributed by atoms with Gasteiger partial charge in [-0.1, -0.05) is 30.3 Å². The molecule has 0 spiro atoms. The molecule has 0 saturated heterocycles. The monoisotopic (exact) mass is 264 g/mol. The fourth-order valence-electron chi connectivity index (χ4n) is 2.25. The molecule has 0 radical (unpaired) electrons. The molecule has 2 aromatic rings. The van der Waals surface area contributed by atoms with Gasteiger partial charge in [0.15, 0.2) is 5.84 Å². The van der Waals surface area contributed by atoms with Crippen LogP contribution in [0.3, 0.4) is 0 Å². The van der Waals surface area contributed by atoms with Gasteiger partial charge in [-0.15, -0.1) is 0 Å². The second-order valence-electron chi connectivity index (χ2n) is 5.20. The quantitative estimate of drug-likeness (QED) is 0.906. The highest BCUT2D eigenvalue weighted by Crippen LogP contribution is 2.21. The number of pyridine rings is 1. The summed E-state index contributed by atoms with van der Waals surface area (Å²) >= 11 is 0. The lowest BCUT2D eigenvalue weighted by Crippen LogP contribution is -2.40. The Balaban J connectivity index is 1.96. The van der Waals surface area contributed by atoms with Crippen molar-refractivity contribution < 1.29 is 0 Å². The number of hydrogen-bond donors (Lipinski definition) is 1. The third-order valence-electron chi connectivity index (χ3n) is 3.23. The summed E-state index contributed by atoms with van der Waals surface area (Å²) in [5.74, 6) is 0.753. The number of aliphatic imine (C=N–C) groups is 1. The van der Waals surface area contributed by atoms with Crippen LogP contribution in [0.5, 0.6) is 0 Å². The molecule has 1 aromatic heterocycles. The van der Waals surface area contributed by atoms with Crippen molar-refractivity contribution >= 4 is 11.5 Å². The molecule has 0 unspecified atom stereocenters. The minimum absolute atomic E-state index is 0.377. The maximum absolute atomic E-state index is 4.78. The van der Waals surface area contributed by atoms with E-state index in [1.54, 1.807) is 12.4 Å². The van der Waals surface area contributed by atoms with Crippen molar-refractivity contribution in [3.8, 4) is 0 Å². The highest BCUT2D eigenvalue weighted by Gasteiger charge is 2.30. The summed E-state index contributed by atoms with van der Waals surface area (Å²) in [6, 6.07) is 14.0. The summed E-state index contributed by atoms with van der Waals surface area (Å²) in [6.07, 6.45) is 3.53. The second kappa shape index (κ2) is 4.89. The topological polar surface area (TPSA) is 49.6 Å². The first-order chi connectivity index (χ1) is 9.67. The number of hydrogen-bond acceptors (Lipinski definition) is 4. The summed E-state index contributed by atoms with van der Waals surface area (Å²) in [5, 5.41) is 4.52. The summed E-state index contributed by atoms with van der Waals surface area (Å²) in [7, 11) is 0. The zero-order chi connectivity index (χ0) is 14.0.